The molecular formula is C32H29FN6O4. The Bertz CT molecular complexity index is 1790. The number of carboxylic acids is 1. The first kappa shape index (κ1) is 27.2. The van der Waals surface area contributed by atoms with Crippen molar-refractivity contribution in [2.75, 3.05) is 19.7 Å². The lowest BCUT2D eigenvalue weighted by molar-refractivity contribution is -0.0591. The van der Waals surface area contributed by atoms with Gasteiger partial charge in [-0.3, -0.25) is 4.90 Å². The maximum absolute atomic E-state index is 14.3. The van der Waals surface area contributed by atoms with Gasteiger partial charge in [-0.25, -0.2) is 24.0 Å². The number of aromatic nitrogens is 4. The van der Waals surface area contributed by atoms with Crippen LogP contribution in [0.25, 0.3) is 21.5 Å². The summed E-state index contributed by atoms with van der Waals surface area (Å²) in [6.45, 7) is 10.9. The molecule has 1 N–H and O–H groups in total. The van der Waals surface area contributed by atoms with Crippen molar-refractivity contribution < 1.29 is 23.8 Å². The summed E-state index contributed by atoms with van der Waals surface area (Å²) >= 11 is 0. The third kappa shape index (κ3) is 5.47. The minimum atomic E-state index is -0.951. The molecule has 2 aliphatic heterocycles. The number of carbonyl (C=O) groups is 1. The zero-order valence-corrected chi connectivity index (χ0v) is 23.3. The second kappa shape index (κ2) is 11.2. The number of likely N-dealkylation sites (tertiary alicyclic amines) is 1. The number of imidazole rings is 1. The molecule has 2 saturated heterocycles. The standard InChI is InChI=1S/C32H29FN6O4/c1-34-24-4-2-20(26(33)13-24)18-43-30-6-8-35-31(37-30)21-10-22-14-38(15-23(22)11-21)17-29-36-27-5-3-19(32(40)41)12-28(27)39(29)16-25-7-9-42-25/h2-6,8,10,12-13,22-23,25H,7,9,11,14-18H2,(H,40,41)/t22?,23?,25-/m0/s1. The van der Waals surface area contributed by atoms with Crippen LogP contribution in [0.15, 0.2) is 54.7 Å². The molecule has 0 radical (unpaired) electrons. The molecule has 43 heavy (non-hydrogen) atoms. The number of aromatic carboxylic acids is 1. The predicted molar refractivity (Wildman–Crippen MR) is 155 cm³/mol. The van der Waals surface area contributed by atoms with Crippen molar-refractivity contribution in [2.24, 2.45) is 11.8 Å². The van der Waals surface area contributed by atoms with Crippen molar-refractivity contribution >= 4 is 28.3 Å². The highest BCUT2D eigenvalue weighted by Gasteiger charge is 2.38. The van der Waals surface area contributed by atoms with Crippen molar-refractivity contribution in [1.82, 2.24) is 24.4 Å². The van der Waals surface area contributed by atoms with E-state index in [-0.39, 0.29) is 24.0 Å². The van der Waals surface area contributed by atoms with Crippen molar-refractivity contribution in [3.8, 4) is 5.88 Å². The summed E-state index contributed by atoms with van der Waals surface area (Å²) in [5.41, 5.74) is 3.57. The van der Waals surface area contributed by atoms with Crippen molar-refractivity contribution in [3.63, 3.8) is 0 Å². The lowest BCUT2D eigenvalue weighted by Gasteiger charge is -2.28. The summed E-state index contributed by atoms with van der Waals surface area (Å²) in [4.78, 5) is 31.2. The van der Waals surface area contributed by atoms with Crippen LogP contribution in [0, 0.1) is 24.2 Å². The van der Waals surface area contributed by atoms with Gasteiger partial charge in [0.2, 0.25) is 5.88 Å². The first-order valence-electron chi connectivity index (χ1n) is 14.3. The van der Waals surface area contributed by atoms with Gasteiger partial charge in [-0.1, -0.05) is 18.2 Å². The Kier molecular flexibility index (Phi) is 7.08. The minimum absolute atomic E-state index is 0.00902. The molecule has 2 unspecified atom stereocenters. The maximum atomic E-state index is 14.3. The second-order valence-electron chi connectivity index (χ2n) is 11.3. The molecule has 2 aromatic carbocycles. The molecule has 0 saturated carbocycles. The maximum Gasteiger partial charge on any atom is 0.335 e. The van der Waals surface area contributed by atoms with Crippen molar-refractivity contribution in [3.05, 3.63) is 94.7 Å². The van der Waals surface area contributed by atoms with E-state index in [2.05, 4.69) is 30.4 Å². The van der Waals surface area contributed by atoms with Crippen LogP contribution < -0.4 is 4.74 Å². The Balaban J connectivity index is 1.03. The third-order valence-corrected chi connectivity index (χ3v) is 8.54. The lowest BCUT2D eigenvalue weighted by atomic mass is 10.00. The van der Waals surface area contributed by atoms with Crippen molar-refractivity contribution in [2.45, 2.75) is 38.6 Å². The van der Waals surface area contributed by atoms with Crippen LogP contribution >= 0.6 is 0 Å². The first-order valence-corrected chi connectivity index (χ1v) is 14.3. The molecule has 3 atom stereocenters. The van der Waals surface area contributed by atoms with E-state index in [9.17, 15) is 14.3 Å². The summed E-state index contributed by atoms with van der Waals surface area (Å²) in [5, 5.41) is 9.52. The fourth-order valence-corrected chi connectivity index (χ4v) is 6.21. The van der Waals surface area contributed by atoms with E-state index >= 15 is 0 Å². The Labute approximate surface area is 247 Å². The van der Waals surface area contributed by atoms with Gasteiger partial charge in [0.25, 0.3) is 0 Å². The van der Waals surface area contributed by atoms with Crippen LogP contribution in [0.3, 0.4) is 0 Å². The average molecular weight is 581 g/mol. The van der Waals surface area contributed by atoms with Gasteiger partial charge >= 0.3 is 5.97 Å². The Morgan fingerprint density at radius 1 is 1.19 bits per heavy atom. The topological polar surface area (TPSA) is 107 Å². The van der Waals surface area contributed by atoms with Crippen LogP contribution in [0.5, 0.6) is 5.88 Å². The van der Waals surface area contributed by atoms with E-state index < -0.39 is 11.8 Å². The number of halogens is 1. The number of nitrogens with zero attached hydrogens (tertiary/aromatic N) is 6. The van der Waals surface area contributed by atoms with Gasteiger partial charge in [0.1, 0.15) is 18.2 Å². The summed E-state index contributed by atoms with van der Waals surface area (Å²) < 4.78 is 27.9. The SMILES string of the molecule is [C-]#[N+]c1ccc(COc2ccnc(C3=CC4CN(Cc5nc6ccc(C(=O)O)cc6n5C[C@@H]5CCO5)CC4C3)n2)c(F)c1. The molecular weight excluding hydrogens is 551 g/mol. The number of ether oxygens (including phenoxy) is 2. The molecule has 0 amide bonds. The second-order valence-corrected chi connectivity index (χ2v) is 11.3. The lowest BCUT2D eigenvalue weighted by Crippen LogP contribution is -2.32. The fourth-order valence-electron chi connectivity index (χ4n) is 6.21. The zero-order chi connectivity index (χ0) is 29.5. The summed E-state index contributed by atoms with van der Waals surface area (Å²) in [6.07, 6.45) is 5.88. The minimum Gasteiger partial charge on any atom is -0.478 e. The Morgan fingerprint density at radius 2 is 2.07 bits per heavy atom. The van der Waals surface area contributed by atoms with Crippen LogP contribution in [-0.4, -0.2) is 61.3 Å². The normalized spacial score (nSPS) is 21.3. The Hall–Kier alpha value is -4.66. The highest BCUT2D eigenvalue weighted by atomic mass is 19.1. The smallest absolute Gasteiger partial charge is 0.335 e. The number of rotatable bonds is 9. The number of hydrogen-bond donors (Lipinski definition) is 1. The number of benzene rings is 2. The molecule has 2 aromatic heterocycles. The van der Waals surface area contributed by atoms with E-state index in [4.69, 9.17) is 21.0 Å². The van der Waals surface area contributed by atoms with E-state index in [0.29, 0.717) is 42.2 Å². The van der Waals surface area contributed by atoms with E-state index in [1.807, 2.05) is 0 Å². The predicted octanol–water partition coefficient (Wildman–Crippen LogP) is 5.12. The number of fused-ring (bicyclic) bond motifs is 2. The van der Waals surface area contributed by atoms with Gasteiger partial charge in [0.15, 0.2) is 11.5 Å². The molecule has 11 heteroatoms. The van der Waals surface area contributed by atoms with Gasteiger partial charge in [-0.15, -0.1) is 0 Å². The first-order chi connectivity index (χ1) is 20.9. The molecule has 218 valence electrons. The van der Waals surface area contributed by atoms with Gasteiger partial charge in [0, 0.05) is 37.5 Å². The molecule has 0 bridgehead atoms. The number of hydrogen-bond acceptors (Lipinski definition) is 7. The molecule has 7 rings (SSSR count). The zero-order valence-electron chi connectivity index (χ0n) is 23.3. The van der Waals surface area contributed by atoms with E-state index in [0.717, 1.165) is 55.0 Å². The summed E-state index contributed by atoms with van der Waals surface area (Å²) in [7, 11) is 0. The molecule has 3 aliphatic rings. The molecule has 4 aromatic rings. The largest absolute Gasteiger partial charge is 0.478 e. The molecule has 1 aliphatic carbocycles. The van der Waals surface area contributed by atoms with Gasteiger partial charge in [0.05, 0.1) is 42.4 Å². The third-order valence-electron chi connectivity index (χ3n) is 8.54. The summed E-state index contributed by atoms with van der Waals surface area (Å²) in [5.74, 6) is 1.29. The van der Waals surface area contributed by atoms with Crippen LogP contribution in [0.4, 0.5) is 10.1 Å². The van der Waals surface area contributed by atoms with E-state index in [1.165, 1.54) is 6.07 Å². The Morgan fingerprint density at radius 3 is 2.81 bits per heavy atom. The van der Waals surface area contributed by atoms with Crippen LogP contribution in [0.1, 0.15) is 40.4 Å². The van der Waals surface area contributed by atoms with Gasteiger partial charge in [-0.05, 0) is 54.5 Å². The van der Waals surface area contributed by atoms with Crippen LogP contribution in [0.2, 0.25) is 0 Å². The van der Waals surface area contributed by atoms with Gasteiger partial charge < -0.3 is 19.1 Å². The van der Waals surface area contributed by atoms with Crippen molar-refractivity contribution in [1.29, 1.82) is 0 Å². The quantitative estimate of drug-likeness (QED) is 0.272. The number of allylic oxidation sites excluding steroid dienone is 1. The monoisotopic (exact) mass is 580 g/mol. The molecule has 0 spiro atoms. The molecule has 4 heterocycles. The van der Waals surface area contributed by atoms with Gasteiger partial charge in [-0.2, -0.15) is 4.98 Å². The molecule has 2 fully saturated rings. The highest BCUT2D eigenvalue weighted by Crippen LogP contribution is 2.41. The highest BCUT2D eigenvalue weighted by molar-refractivity contribution is 5.92. The average Bonchev–Trinajstić information content (AvgIpc) is 3.65. The van der Waals surface area contributed by atoms with Crippen LogP contribution in [-0.2, 0) is 24.4 Å². The summed E-state index contributed by atoms with van der Waals surface area (Å²) in [6, 6.07) is 11.1. The fraction of sp³-hybridized carbons (Fsp3) is 0.344. The number of carboxylic acid groups (broad SMARTS) is 1. The van der Waals surface area contributed by atoms with E-state index in [1.54, 1.807) is 42.6 Å². The molecule has 10 nitrogen and oxygen atoms in total.